The van der Waals surface area contributed by atoms with E-state index in [2.05, 4.69) is 26.4 Å². The maximum absolute atomic E-state index is 4.45. The zero-order valence-electron chi connectivity index (χ0n) is 12.2. The van der Waals surface area contributed by atoms with E-state index in [-0.39, 0.29) is 0 Å². The van der Waals surface area contributed by atoms with Gasteiger partial charge in [-0.2, -0.15) is 5.10 Å². The molecule has 0 amide bonds. The number of anilines is 1. The van der Waals surface area contributed by atoms with Crippen LogP contribution in [0.4, 0.5) is 5.69 Å². The lowest BCUT2D eigenvalue weighted by atomic mass is 9.82. The largest absolute Gasteiger partial charge is 0.379 e. The first-order valence-corrected chi connectivity index (χ1v) is 7.97. The van der Waals surface area contributed by atoms with Crippen LogP contribution in [0.2, 0.25) is 0 Å². The van der Waals surface area contributed by atoms with E-state index in [4.69, 9.17) is 0 Å². The van der Waals surface area contributed by atoms with Crippen molar-refractivity contribution in [3.05, 3.63) is 31.0 Å². The third-order valence-corrected chi connectivity index (χ3v) is 4.79. The highest BCUT2D eigenvalue weighted by molar-refractivity contribution is 5.56. The van der Waals surface area contributed by atoms with Crippen molar-refractivity contribution in [1.29, 1.82) is 0 Å². The lowest BCUT2D eigenvalue weighted by Crippen LogP contribution is -2.28. The Morgan fingerprint density at radius 2 is 2.10 bits per heavy atom. The monoisotopic (exact) mass is 283 g/mol. The molecule has 2 aromatic rings. The zero-order chi connectivity index (χ0) is 14.1. The summed E-state index contributed by atoms with van der Waals surface area (Å²) in [5.41, 5.74) is 1.06. The van der Waals surface area contributed by atoms with Crippen LogP contribution >= 0.6 is 0 Å². The van der Waals surface area contributed by atoms with Crippen molar-refractivity contribution in [3.8, 4) is 5.82 Å². The van der Waals surface area contributed by atoms with E-state index in [0.717, 1.165) is 23.3 Å². The highest BCUT2D eigenvalue weighted by Gasteiger charge is 2.34. The van der Waals surface area contributed by atoms with E-state index in [0.29, 0.717) is 6.04 Å². The Kier molecular flexibility index (Phi) is 3.33. The van der Waals surface area contributed by atoms with Crippen LogP contribution < -0.4 is 5.32 Å². The predicted octanol–water partition coefficient (Wildman–Crippen LogP) is 3.04. The molecule has 0 radical (unpaired) electrons. The fourth-order valence-electron chi connectivity index (χ4n) is 3.58. The van der Waals surface area contributed by atoms with Crippen LogP contribution in [0.5, 0.6) is 0 Å². The van der Waals surface area contributed by atoms with Crippen LogP contribution in [0.25, 0.3) is 5.82 Å². The van der Waals surface area contributed by atoms with Crippen molar-refractivity contribution in [1.82, 2.24) is 19.7 Å². The Balaban J connectivity index is 1.51. The Labute approximate surface area is 124 Å². The molecule has 0 aromatic carbocycles. The van der Waals surface area contributed by atoms with Crippen LogP contribution in [0.15, 0.2) is 31.0 Å². The van der Waals surface area contributed by atoms with Gasteiger partial charge in [0, 0.05) is 12.2 Å². The molecular weight excluding hydrogens is 262 g/mol. The minimum atomic E-state index is 0.566. The molecule has 2 aromatic heterocycles. The first kappa shape index (κ1) is 12.8. The molecule has 2 aliphatic rings. The molecular formula is C16H21N5. The van der Waals surface area contributed by atoms with Crippen molar-refractivity contribution in [2.45, 2.75) is 44.6 Å². The maximum Gasteiger partial charge on any atom is 0.178 e. The summed E-state index contributed by atoms with van der Waals surface area (Å²) in [6.07, 6.45) is 13.3. The average molecular weight is 283 g/mol. The van der Waals surface area contributed by atoms with Gasteiger partial charge in [-0.05, 0) is 49.7 Å². The van der Waals surface area contributed by atoms with Gasteiger partial charge in [0.1, 0.15) is 12.7 Å². The predicted molar refractivity (Wildman–Crippen MR) is 81.2 cm³/mol. The number of aromatic nitrogens is 4. The van der Waals surface area contributed by atoms with E-state index < -0.39 is 0 Å². The van der Waals surface area contributed by atoms with Crippen LogP contribution in [0.1, 0.15) is 38.5 Å². The molecule has 4 rings (SSSR count). The molecule has 0 bridgehead atoms. The second kappa shape index (κ2) is 5.47. The van der Waals surface area contributed by atoms with Gasteiger partial charge in [0.15, 0.2) is 5.82 Å². The molecule has 2 heterocycles. The number of hydrogen-bond acceptors (Lipinski definition) is 4. The maximum atomic E-state index is 4.45. The Morgan fingerprint density at radius 1 is 1.14 bits per heavy atom. The number of pyridine rings is 1. The standard InChI is InChI=1S/C16H21N5/c1-3-13(12-6-7-12)9-14(4-1)20-15-5-2-8-18-16(15)21-11-17-10-19-21/h2,5,8,10-14,20H,1,3-4,6-7,9H2. The van der Waals surface area contributed by atoms with E-state index in [9.17, 15) is 0 Å². The van der Waals surface area contributed by atoms with Crippen molar-refractivity contribution in [2.75, 3.05) is 5.32 Å². The molecule has 21 heavy (non-hydrogen) atoms. The molecule has 5 nitrogen and oxygen atoms in total. The van der Waals surface area contributed by atoms with E-state index in [1.807, 2.05) is 6.07 Å². The fraction of sp³-hybridized carbons (Fsp3) is 0.562. The summed E-state index contributed by atoms with van der Waals surface area (Å²) in [5.74, 6) is 2.78. The van der Waals surface area contributed by atoms with Gasteiger partial charge in [-0.1, -0.05) is 12.8 Å². The van der Waals surface area contributed by atoms with Crippen LogP contribution in [0.3, 0.4) is 0 Å². The van der Waals surface area contributed by atoms with Crippen molar-refractivity contribution in [3.63, 3.8) is 0 Å². The molecule has 2 atom stereocenters. The molecule has 2 unspecified atom stereocenters. The molecule has 5 heteroatoms. The second-order valence-electron chi connectivity index (χ2n) is 6.32. The summed E-state index contributed by atoms with van der Waals surface area (Å²) >= 11 is 0. The molecule has 110 valence electrons. The SMILES string of the molecule is c1cnc(-n2cncn2)c(NC2CCCC(C3CC3)C2)c1. The Hall–Kier alpha value is -1.91. The minimum absolute atomic E-state index is 0.566. The smallest absolute Gasteiger partial charge is 0.178 e. The van der Waals surface area contributed by atoms with Gasteiger partial charge >= 0.3 is 0 Å². The summed E-state index contributed by atoms with van der Waals surface area (Å²) in [5, 5.41) is 7.90. The quantitative estimate of drug-likeness (QED) is 0.937. The van der Waals surface area contributed by atoms with E-state index in [1.165, 1.54) is 38.5 Å². The van der Waals surface area contributed by atoms with Gasteiger partial charge in [-0.15, -0.1) is 0 Å². The number of rotatable bonds is 4. The van der Waals surface area contributed by atoms with Gasteiger partial charge in [0.2, 0.25) is 0 Å². The summed E-state index contributed by atoms with van der Waals surface area (Å²) < 4.78 is 1.73. The van der Waals surface area contributed by atoms with Gasteiger partial charge < -0.3 is 5.32 Å². The topological polar surface area (TPSA) is 55.6 Å². The van der Waals surface area contributed by atoms with Gasteiger partial charge in [-0.25, -0.2) is 14.6 Å². The van der Waals surface area contributed by atoms with Gasteiger partial charge in [0.05, 0.1) is 5.69 Å². The number of nitrogens with one attached hydrogen (secondary N) is 1. The lowest BCUT2D eigenvalue weighted by molar-refractivity contribution is 0.303. The lowest BCUT2D eigenvalue weighted by Gasteiger charge is -2.30. The van der Waals surface area contributed by atoms with Crippen molar-refractivity contribution < 1.29 is 0 Å². The van der Waals surface area contributed by atoms with Crippen LogP contribution in [-0.4, -0.2) is 25.8 Å². The zero-order valence-corrected chi connectivity index (χ0v) is 12.2. The third kappa shape index (κ3) is 2.77. The molecule has 0 saturated heterocycles. The molecule has 0 aliphatic heterocycles. The highest BCUT2D eigenvalue weighted by Crippen LogP contribution is 2.44. The van der Waals surface area contributed by atoms with Gasteiger partial charge in [0.25, 0.3) is 0 Å². The van der Waals surface area contributed by atoms with Crippen molar-refractivity contribution in [2.24, 2.45) is 11.8 Å². The molecule has 2 aliphatic carbocycles. The molecule has 2 saturated carbocycles. The highest BCUT2D eigenvalue weighted by atomic mass is 15.3. The first-order chi connectivity index (χ1) is 10.4. The number of nitrogens with zero attached hydrogens (tertiary/aromatic N) is 4. The first-order valence-electron chi connectivity index (χ1n) is 7.97. The summed E-state index contributed by atoms with van der Waals surface area (Å²) in [6.45, 7) is 0. The number of hydrogen-bond donors (Lipinski definition) is 1. The van der Waals surface area contributed by atoms with E-state index in [1.54, 1.807) is 23.5 Å². The normalized spacial score (nSPS) is 25.7. The second-order valence-corrected chi connectivity index (χ2v) is 6.32. The van der Waals surface area contributed by atoms with Crippen LogP contribution in [-0.2, 0) is 0 Å². The van der Waals surface area contributed by atoms with Gasteiger partial charge in [-0.3, -0.25) is 0 Å². The van der Waals surface area contributed by atoms with Crippen LogP contribution in [0, 0.1) is 11.8 Å². The van der Waals surface area contributed by atoms with Crippen molar-refractivity contribution >= 4 is 5.69 Å². The summed E-state index contributed by atoms with van der Waals surface area (Å²) in [4.78, 5) is 8.47. The molecule has 2 fully saturated rings. The fourth-order valence-corrected chi connectivity index (χ4v) is 3.58. The average Bonchev–Trinajstić information content (AvgIpc) is 3.24. The Bertz CT molecular complexity index is 590. The molecule has 0 spiro atoms. The molecule has 1 N–H and O–H groups in total. The minimum Gasteiger partial charge on any atom is -0.379 e. The summed E-state index contributed by atoms with van der Waals surface area (Å²) in [7, 11) is 0. The third-order valence-electron chi connectivity index (χ3n) is 4.79. The Morgan fingerprint density at radius 3 is 2.90 bits per heavy atom. The van der Waals surface area contributed by atoms with E-state index >= 15 is 0 Å². The summed E-state index contributed by atoms with van der Waals surface area (Å²) in [6, 6.07) is 4.63.